The highest BCUT2D eigenvalue weighted by Gasteiger charge is 2.31. The molecule has 1 amide bonds. The van der Waals surface area contributed by atoms with Crippen molar-refractivity contribution in [3.63, 3.8) is 0 Å². The van der Waals surface area contributed by atoms with Gasteiger partial charge in [0.25, 0.3) is 0 Å². The van der Waals surface area contributed by atoms with Crippen LogP contribution in [0, 0.1) is 5.92 Å². The molecule has 0 saturated heterocycles. The zero-order valence-electron chi connectivity index (χ0n) is 17.7. The molecule has 0 unspecified atom stereocenters. The van der Waals surface area contributed by atoms with Gasteiger partial charge in [0.15, 0.2) is 0 Å². The molecule has 0 aliphatic heterocycles. The van der Waals surface area contributed by atoms with Crippen LogP contribution < -0.4 is 10.6 Å². The summed E-state index contributed by atoms with van der Waals surface area (Å²) < 4.78 is 1.89. The van der Waals surface area contributed by atoms with Crippen LogP contribution in [0.1, 0.15) is 39.5 Å². The summed E-state index contributed by atoms with van der Waals surface area (Å²) in [6.07, 6.45) is 15.3. The summed E-state index contributed by atoms with van der Waals surface area (Å²) >= 11 is 0. The molecule has 4 aromatic heterocycles. The lowest BCUT2D eigenvalue weighted by atomic mass is 9.77. The Kier molecular flexibility index (Phi) is 4.80. The molecule has 0 bridgehead atoms. The first-order valence-electron chi connectivity index (χ1n) is 10.6. The Hall–Kier alpha value is -3.49. The highest BCUT2D eigenvalue weighted by atomic mass is 16.1. The van der Waals surface area contributed by atoms with Gasteiger partial charge >= 0.3 is 0 Å². The number of nitrogens with zero attached hydrogens (tertiary/aromatic N) is 5. The lowest BCUT2D eigenvalue weighted by Crippen LogP contribution is -2.47. The predicted octanol–water partition coefficient (Wildman–Crippen LogP) is 3.16. The maximum atomic E-state index is 11.4. The van der Waals surface area contributed by atoms with E-state index in [1.165, 1.54) is 0 Å². The van der Waals surface area contributed by atoms with Gasteiger partial charge in [-0.15, -0.1) is 0 Å². The normalized spacial score (nSPS) is 21.4. The minimum atomic E-state index is -0.0764. The molecule has 9 heteroatoms. The first-order valence-corrected chi connectivity index (χ1v) is 10.6. The van der Waals surface area contributed by atoms with Crippen LogP contribution in [0.4, 0.5) is 5.95 Å². The van der Waals surface area contributed by atoms with Crippen molar-refractivity contribution in [3.8, 4) is 11.1 Å². The number of amides is 1. The number of carbonyl (C=O) groups excluding carboxylic acids is 1. The molecule has 160 valence electrons. The van der Waals surface area contributed by atoms with E-state index in [2.05, 4.69) is 42.5 Å². The fourth-order valence-corrected chi connectivity index (χ4v) is 4.49. The zero-order chi connectivity index (χ0) is 21.4. The largest absolute Gasteiger partial charge is 0.354 e. The number of rotatable bonds is 5. The Morgan fingerprint density at radius 2 is 2.10 bits per heavy atom. The average Bonchev–Trinajstić information content (AvgIpc) is 3.38. The molecule has 0 atom stereocenters. The molecule has 0 spiro atoms. The molecule has 0 aromatic carbocycles. The van der Waals surface area contributed by atoms with Crippen molar-refractivity contribution in [2.75, 3.05) is 11.9 Å². The monoisotopic (exact) mass is 418 g/mol. The third-order valence-corrected chi connectivity index (χ3v) is 6.22. The summed E-state index contributed by atoms with van der Waals surface area (Å²) in [7, 11) is 0. The summed E-state index contributed by atoms with van der Waals surface area (Å²) in [6, 6.07) is 0. The third kappa shape index (κ3) is 3.95. The van der Waals surface area contributed by atoms with Gasteiger partial charge in [0, 0.05) is 72.7 Å². The molecule has 1 aliphatic rings. The van der Waals surface area contributed by atoms with Gasteiger partial charge in [0.2, 0.25) is 17.6 Å². The fourth-order valence-electron chi connectivity index (χ4n) is 4.49. The van der Waals surface area contributed by atoms with Gasteiger partial charge in [-0.2, -0.15) is 4.98 Å². The van der Waals surface area contributed by atoms with Crippen molar-refractivity contribution in [1.82, 2.24) is 34.6 Å². The molecule has 1 fully saturated rings. The molecule has 4 heterocycles. The van der Waals surface area contributed by atoms with Crippen molar-refractivity contribution in [2.24, 2.45) is 5.92 Å². The van der Waals surface area contributed by atoms with E-state index in [0.29, 0.717) is 17.6 Å². The zero-order valence-corrected chi connectivity index (χ0v) is 17.7. The van der Waals surface area contributed by atoms with Gasteiger partial charge in [0.1, 0.15) is 5.65 Å². The minimum absolute atomic E-state index is 0.0480. The summed E-state index contributed by atoms with van der Waals surface area (Å²) in [5.41, 5.74) is 2.70. The number of aromatic nitrogens is 6. The number of hydrogen-bond donors (Lipinski definition) is 3. The highest BCUT2D eigenvalue weighted by molar-refractivity contribution is 5.93. The minimum Gasteiger partial charge on any atom is -0.354 e. The number of hydrogen-bond acceptors (Lipinski definition) is 6. The van der Waals surface area contributed by atoms with Gasteiger partial charge in [-0.1, -0.05) is 0 Å². The Labute approximate surface area is 179 Å². The molecule has 4 aromatic rings. The lowest BCUT2D eigenvalue weighted by Gasteiger charge is -2.37. The van der Waals surface area contributed by atoms with Gasteiger partial charge in [0.05, 0.1) is 0 Å². The van der Waals surface area contributed by atoms with Crippen molar-refractivity contribution < 1.29 is 4.79 Å². The molecule has 31 heavy (non-hydrogen) atoms. The number of aromatic amines is 1. The van der Waals surface area contributed by atoms with Gasteiger partial charge in [-0.05, 0) is 38.5 Å². The molecule has 5 rings (SSSR count). The highest BCUT2D eigenvalue weighted by Crippen LogP contribution is 2.32. The van der Waals surface area contributed by atoms with Gasteiger partial charge in [-0.3, -0.25) is 9.20 Å². The van der Waals surface area contributed by atoms with E-state index < -0.39 is 0 Å². The van der Waals surface area contributed by atoms with E-state index >= 15 is 0 Å². The van der Waals surface area contributed by atoms with Crippen molar-refractivity contribution in [1.29, 1.82) is 0 Å². The molecule has 3 N–H and O–H groups in total. The van der Waals surface area contributed by atoms with E-state index in [9.17, 15) is 4.79 Å². The van der Waals surface area contributed by atoms with Gasteiger partial charge in [-0.25, -0.2) is 15.0 Å². The molecule has 9 nitrogen and oxygen atoms in total. The summed E-state index contributed by atoms with van der Waals surface area (Å²) in [5.74, 6) is 1.89. The van der Waals surface area contributed by atoms with Gasteiger partial charge < -0.3 is 15.6 Å². The second-order valence-corrected chi connectivity index (χ2v) is 8.70. The standard InChI is InChI=1S/C22H26N8O/c1-14(31)29-22(2)5-3-15(4-6-22)9-25-20-26-12-18-17(11-24-19(18)28-20)16-10-27-21-23-7-8-30(21)13-16/h7-8,10-13,15H,3-6,9H2,1-2H3,(H,29,31)(H2,24,25,26,28). The molecule has 1 aliphatic carbocycles. The van der Waals surface area contributed by atoms with Crippen LogP contribution in [0.5, 0.6) is 0 Å². The fraction of sp³-hybridized carbons (Fsp3) is 0.409. The smallest absolute Gasteiger partial charge is 0.233 e. The van der Waals surface area contributed by atoms with Crippen molar-refractivity contribution in [3.05, 3.63) is 37.2 Å². The number of carbonyl (C=O) groups is 1. The van der Waals surface area contributed by atoms with Crippen LogP contribution >= 0.6 is 0 Å². The average molecular weight is 419 g/mol. The lowest BCUT2D eigenvalue weighted by molar-refractivity contribution is -0.121. The number of nitrogens with one attached hydrogen (secondary N) is 3. The maximum Gasteiger partial charge on any atom is 0.233 e. The number of imidazole rings is 1. The number of fused-ring (bicyclic) bond motifs is 2. The van der Waals surface area contributed by atoms with Crippen LogP contribution in [0.15, 0.2) is 37.2 Å². The third-order valence-electron chi connectivity index (χ3n) is 6.22. The Bertz CT molecular complexity index is 1230. The molecule has 1 saturated carbocycles. The first-order chi connectivity index (χ1) is 15.0. The Balaban J connectivity index is 1.26. The van der Waals surface area contributed by atoms with E-state index in [0.717, 1.165) is 54.4 Å². The van der Waals surface area contributed by atoms with Crippen LogP contribution in [-0.2, 0) is 4.79 Å². The first kappa shape index (κ1) is 19.5. The summed E-state index contributed by atoms with van der Waals surface area (Å²) in [5, 5.41) is 7.44. The molecular weight excluding hydrogens is 392 g/mol. The molecule has 0 radical (unpaired) electrons. The summed E-state index contributed by atoms with van der Waals surface area (Å²) in [4.78, 5) is 32.4. The number of anilines is 1. The van der Waals surface area contributed by atoms with Crippen LogP contribution in [0.25, 0.3) is 27.9 Å². The van der Waals surface area contributed by atoms with Crippen LogP contribution in [0.2, 0.25) is 0 Å². The van der Waals surface area contributed by atoms with E-state index in [4.69, 9.17) is 0 Å². The van der Waals surface area contributed by atoms with Crippen molar-refractivity contribution >= 4 is 28.7 Å². The Morgan fingerprint density at radius 1 is 1.26 bits per heavy atom. The quantitative estimate of drug-likeness (QED) is 0.459. The van der Waals surface area contributed by atoms with Crippen LogP contribution in [0.3, 0.4) is 0 Å². The topological polar surface area (TPSA) is 113 Å². The van der Waals surface area contributed by atoms with E-state index in [1.807, 2.05) is 35.4 Å². The van der Waals surface area contributed by atoms with E-state index in [-0.39, 0.29) is 11.4 Å². The number of H-pyrrole nitrogens is 1. The second-order valence-electron chi connectivity index (χ2n) is 8.70. The summed E-state index contributed by atoms with van der Waals surface area (Å²) in [6.45, 7) is 4.55. The maximum absolute atomic E-state index is 11.4. The SMILES string of the molecule is CC(=O)NC1(C)CCC(CNc2ncc3c(-c4cnc5nccn5c4)c[nH]c3n2)CC1. The van der Waals surface area contributed by atoms with E-state index in [1.54, 1.807) is 13.1 Å². The van der Waals surface area contributed by atoms with Crippen molar-refractivity contribution in [2.45, 2.75) is 45.1 Å². The second kappa shape index (κ2) is 7.64. The Morgan fingerprint density at radius 3 is 2.90 bits per heavy atom. The predicted molar refractivity (Wildman–Crippen MR) is 119 cm³/mol. The van der Waals surface area contributed by atoms with Crippen LogP contribution in [-0.4, -0.2) is 47.3 Å². The molecular formula is C22H26N8O.